The number of rotatable bonds is 11. The number of H-pyrrole nitrogens is 1. The van der Waals surface area contributed by atoms with Gasteiger partial charge in [0.1, 0.15) is 30.2 Å². The van der Waals surface area contributed by atoms with Crippen molar-refractivity contribution in [2.75, 3.05) is 6.61 Å². The van der Waals surface area contributed by atoms with Gasteiger partial charge in [-0.3, -0.25) is 14.3 Å². The van der Waals surface area contributed by atoms with Crippen LogP contribution in [-0.4, -0.2) is 33.5 Å². The van der Waals surface area contributed by atoms with E-state index in [2.05, 4.69) is 64.7 Å². The molecule has 0 aliphatic carbocycles. The number of hydrogen-bond acceptors (Lipinski definition) is 7. The molecule has 2 aromatic heterocycles. The lowest BCUT2D eigenvalue weighted by Crippen LogP contribution is -2.38. The summed E-state index contributed by atoms with van der Waals surface area (Å²) in [6.07, 6.45) is 0.0533. The van der Waals surface area contributed by atoms with Crippen molar-refractivity contribution in [3.63, 3.8) is 0 Å². The highest BCUT2D eigenvalue weighted by Crippen LogP contribution is 2.42. The van der Waals surface area contributed by atoms with Gasteiger partial charge in [0.15, 0.2) is 5.76 Å². The third-order valence-electron chi connectivity index (χ3n) is 9.71. The number of nitrogens with zero attached hydrogens (tertiary/aromatic N) is 2. The maximum atomic E-state index is 13.0. The molecule has 0 spiro atoms. The van der Waals surface area contributed by atoms with Gasteiger partial charge in [0.2, 0.25) is 0 Å². The van der Waals surface area contributed by atoms with E-state index in [1.165, 1.54) is 10.8 Å². The summed E-state index contributed by atoms with van der Waals surface area (Å²) in [6, 6.07) is 46.5. The Labute approximate surface area is 300 Å². The third-order valence-corrected chi connectivity index (χ3v) is 9.71. The van der Waals surface area contributed by atoms with Gasteiger partial charge in [0.25, 0.3) is 5.56 Å². The number of fused-ring (bicyclic) bond motifs is 1. The molecule has 1 N–H and O–H groups in total. The molecule has 0 amide bonds. The number of benzene rings is 5. The van der Waals surface area contributed by atoms with Crippen LogP contribution in [0.1, 0.15) is 40.7 Å². The number of aromatic nitrogens is 3. The summed E-state index contributed by atoms with van der Waals surface area (Å²) in [4.78, 5) is 27.6. The first-order chi connectivity index (χ1) is 25.5. The summed E-state index contributed by atoms with van der Waals surface area (Å²) in [6.45, 7) is 1.90. The molecule has 1 aliphatic heterocycles. The fourth-order valence-electron chi connectivity index (χ4n) is 7.12. The summed E-state index contributed by atoms with van der Waals surface area (Å²) in [5.41, 5.74) is 2.97. The van der Waals surface area contributed by atoms with Crippen LogP contribution < -0.4 is 11.2 Å². The van der Waals surface area contributed by atoms with Gasteiger partial charge >= 0.3 is 5.69 Å². The van der Waals surface area contributed by atoms with Crippen molar-refractivity contribution in [3.8, 4) is 11.3 Å². The van der Waals surface area contributed by atoms with Crippen LogP contribution >= 0.6 is 0 Å². The lowest BCUT2D eigenvalue weighted by Gasteiger charge is -2.37. The standard InChI is InChI=1S/C43H37N3O6/c1-29-26-46(42(48)44-41(29)47)40-25-38(49-27-34-24-37(45-52-34)36-23-13-15-30-14-11-12-22-35(30)36)39(51-40)28-50-43(31-16-5-2-6-17-31,32-18-7-3-8-19-32)33-20-9-4-10-21-33/h2-24,26,38-40H,25,27-28H2,1H3,(H,44,47,48)/t38-,39+,40+/m0/s1. The molecule has 9 heteroatoms. The minimum atomic E-state index is -0.987. The quantitative estimate of drug-likeness (QED) is 0.140. The Morgan fingerprint density at radius 1 is 0.808 bits per heavy atom. The lowest BCUT2D eigenvalue weighted by molar-refractivity contribution is -0.108. The molecule has 0 bridgehead atoms. The number of nitrogens with one attached hydrogen (secondary N) is 1. The highest BCUT2D eigenvalue weighted by atomic mass is 16.6. The zero-order chi connectivity index (χ0) is 35.5. The summed E-state index contributed by atoms with van der Waals surface area (Å²) in [5.74, 6) is 0.551. The monoisotopic (exact) mass is 691 g/mol. The summed E-state index contributed by atoms with van der Waals surface area (Å²) in [5, 5.41) is 6.57. The van der Waals surface area contributed by atoms with E-state index in [4.69, 9.17) is 18.7 Å². The van der Waals surface area contributed by atoms with E-state index in [1.807, 2.05) is 84.9 Å². The van der Waals surface area contributed by atoms with E-state index in [9.17, 15) is 9.59 Å². The minimum Gasteiger partial charge on any atom is -0.367 e. The van der Waals surface area contributed by atoms with E-state index in [-0.39, 0.29) is 13.2 Å². The van der Waals surface area contributed by atoms with Crippen molar-refractivity contribution < 1.29 is 18.7 Å². The maximum absolute atomic E-state index is 13.0. The average molecular weight is 692 g/mol. The predicted octanol–water partition coefficient (Wildman–Crippen LogP) is 7.53. The molecule has 5 aromatic carbocycles. The lowest BCUT2D eigenvalue weighted by atomic mass is 9.80. The van der Waals surface area contributed by atoms with Crippen molar-refractivity contribution in [1.82, 2.24) is 14.7 Å². The molecule has 8 rings (SSSR count). The van der Waals surface area contributed by atoms with Crippen molar-refractivity contribution in [1.29, 1.82) is 0 Å². The molecule has 9 nitrogen and oxygen atoms in total. The van der Waals surface area contributed by atoms with Crippen LogP contribution in [0.25, 0.3) is 22.0 Å². The van der Waals surface area contributed by atoms with Crippen LogP contribution in [0.2, 0.25) is 0 Å². The molecule has 0 radical (unpaired) electrons. The Kier molecular flexibility index (Phi) is 9.22. The Balaban J connectivity index is 1.12. The molecule has 260 valence electrons. The molecule has 0 unspecified atom stereocenters. The van der Waals surface area contributed by atoms with Crippen molar-refractivity contribution in [2.45, 2.75) is 44.0 Å². The van der Waals surface area contributed by atoms with Gasteiger partial charge < -0.3 is 18.7 Å². The second kappa shape index (κ2) is 14.4. The second-order valence-electron chi connectivity index (χ2n) is 13.0. The predicted molar refractivity (Wildman–Crippen MR) is 198 cm³/mol. The minimum absolute atomic E-state index is 0.120. The Morgan fingerprint density at radius 3 is 2.10 bits per heavy atom. The number of aromatic amines is 1. The van der Waals surface area contributed by atoms with E-state index in [1.54, 1.807) is 6.92 Å². The smallest absolute Gasteiger partial charge is 0.330 e. The van der Waals surface area contributed by atoms with Gasteiger partial charge in [-0.15, -0.1) is 0 Å². The largest absolute Gasteiger partial charge is 0.367 e. The first-order valence-electron chi connectivity index (χ1n) is 17.3. The number of hydrogen-bond donors (Lipinski definition) is 1. The molecule has 1 fully saturated rings. The molecule has 1 saturated heterocycles. The zero-order valence-corrected chi connectivity index (χ0v) is 28.6. The first kappa shape index (κ1) is 33.3. The second-order valence-corrected chi connectivity index (χ2v) is 13.0. The van der Waals surface area contributed by atoms with E-state index in [0.29, 0.717) is 23.4 Å². The maximum Gasteiger partial charge on any atom is 0.330 e. The van der Waals surface area contributed by atoms with Crippen molar-refractivity contribution in [3.05, 3.63) is 195 Å². The zero-order valence-electron chi connectivity index (χ0n) is 28.6. The highest BCUT2D eigenvalue weighted by Gasteiger charge is 2.43. The average Bonchev–Trinajstić information content (AvgIpc) is 3.84. The van der Waals surface area contributed by atoms with Crippen LogP contribution in [-0.2, 0) is 26.4 Å². The van der Waals surface area contributed by atoms with Crippen LogP contribution in [0, 0.1) is 6.92 Å². The SMILES string of the molecule is Cc1cn([C@H]2C[C@H](OCc3cc(-c4cccc5ccccc45)no3)[C@@H](COC(c3ccccc3)(c3ccccc3)c3ccccc3)O2)c(=O)[nH]c1=O. The fraction of sp³-hybridized carbons (Fsp3) is 0.186. The Morgan fingerprint density at radius 2 is 1.42 bits per heavy atom. The number of ether oxygens (including phenoxy) is 3. The molecular formula is C43H37N3O6. The number of aryl methyl sites for hydroxylation is 1. The molecule has 7 aromatic rings. The summed E-state index contributed by atoms with van der Waals surface area (Å²) < 4.78 is 27.4. The van der Waals surface area contributed by atoms with Crippen molar-refractivity contribution in [2.24, 2.45) is 0 Å². The summed E-state index contributed by atoms with van der Waals surface area (Å²) in [7, 11) is 0. The Hall–Kier alpha value is -5.87. The molecule has 3 atom stereocenters. The van der Waals surface area contributed by atoms with Crippen LogP contribution in [0.4, 0.5) is 0 Å². The fourth-order valence-corrected chi connectivity index (χ4v) is 7.12. The third kappa shape index (κ3) is 6.41. The van der Waals surface area contributed by atoms with E-state index < -0.39 is 35.3 Å². The van der Waals surface area contributed by atoms with Crippen LogP contribution in [0.3, 0.4) is 0 Å². The Bertz CT molecular complexity index is 2300. The summed E-state index contributed by atoms with van der Waals surface area (Å²) >= 11 is 0. The van der Waals surface area contributed by atoms with Gasteiger partial charge in [-0.05, 0) is 34.4 Å². The van der Waals surface area contributed by atoms with Gasteiger partial charge in [-0.1, -0.05) is 139 Å². The highest BCUT2D eigenvalue weighted by molar-refractivity contribution is 5.95. The van der Waals surface area contributed by atoms with Gasteiger partial charge in [0, 0.05) is 29.8 Å². The molecule has 3 heterocycles. The van der Waals surface area contributed by atoms with Gasteiger partial charge in [-0.2, -0.15) is 0 Å². The van der Waals surface area contributed by atoms with Crippen molar-refractivity contribution >= 4 is 10.8 Å². The van der Waals surface area contributed by atoms with Gasteiger partial charge in [-0.25, -0.2) is 4.79 Å². The van der Waals surface area contributed by atoms with Crippen LogP contribution in [0.15, 0.2) is 160 Å². The normalized spacial score (nSPS) is 17.4. The van der Waals surface area contributed by atoms with E-state index in [0.717, 1.165) is 33.0 Å². The molecule has 52 heavy (non-hydrogen) atoms. The van der Waals surface area contributed by atoms with E-state index >= 15 is 0 Å². The molecule has 0 saturated carbocycles. The topological polar surface area (TPSA) is 109 Å². The van der Waals surface area contributed by atoms with Gasteiger partial charge in [0.05, 0.1) is 12.7 Å². The first-order valence-corrected chi connectivity index (χ1v) is 17.3. The molecule has 1 aliphatic rings. The van der Waals surface area contributed by atoms with Crippen LogP contribution in [0.5, 0.6) is 0 Å². The molecular weight excluding hydrogens is 654 g/mol.